The first kappa shape index (κ1) is 19.2. The summed E-state index contributed by atoms with van der Waals surface area (Å²) in [5.41, 5.74) is 2.40. The van der Waals surface area contributed by atoms with Crippen molar-refractivity contribution in [2.45, 2.75) is 39.3 Å². The van der Waals surface area contributed by atoms with Crippen LogP contribution < -0.4 is 5.32 Å². The number of benzene rings is 1. The van der Waals surface area contributed by atoms with E-state index in [-0.39, 0.29) is 24.4 Å². The van der Waals surface area contributed by atoms with Crippen LogP contribution in [0.3, 0.4) is 0 Å². The van der Waals surface area contributed by atoms with Gasteiger partial charge >= 0.3 is 12.0 Å². The van der Waals surface area contributed by atoms with Crippen molar-refractivity contribution >= 4 is 17.9 Å². The molecule has 1 fully saturated rings. The number of fused-ring (bicyclic) bond motifs is 1. The van der Waals surface area contributed by atoms with Crippen LogP contribution in [0.5, 0.6) is 0 Å². The average molecular weight is 373 g/mol. The molecule has 0 aliphatic carbocycles. The van der Waals surface area contributed by atoms with Gasteiger partial charge < -0.3 is 20.2 Å². The first-order chi connectivity index (χ1) is 12.9. The normalized spacial score (nSPS) is 21.7. The maximum atomic E-state index is 12.4. The van der Waals surface area contributed by atoms with Gasteiger partial charge in [-0.15, -0.1) is 0 Å². The quantitative estimate of drug-likeness (QED) is 0.773. The molecule has 3 rings (SSSR count). The fourth-order valence-electron chi connectivity index (χ4n) is 3.91. The average Bonchev–Trinajstić information content (AvgIpc) is 3.08. The lowest BCUT2D eigenvalue weighted by molar-refractivity contribution is -0.143. The van der Waals surface area contributed by atoms with E-state index in [1.807, 2.05) is 36.1 Å². The van der Waals surface area contributed by atoms with Gasteiger partial charge in [-0.2, -0.15) is 0 Å². The van der Waals surface area contributed by atoms with E-state index in [4.69, 9.17) is 0 Å². The molecule has 2 heterocycles. The summed E-state index contributed by atoms with van der Waals surface area (Å²) in [4.78, 5) is 39.3. The van der Waals surface area contributed by atoms with Crippen molar-refractivity contribution in [1.82, 2.24) is 15.1 Å². The zero-order chi connectivity index (χ0) is 19.4. The summed E-state index contributed by atoms with van der Waals surface area (Å²) in [7, 11) is 0. The molecule has 0 radical (unpaired) electrons. The van der Waals surface area contributed by atoms with Crippen molar-refractivity contribution in [2.75, 3.05) is 19.6 Å². The highest BCUT2D eigenvalue weighted by atomic mass is 16.4. The minimum atomic E-state index is -0.850. The molecule has 0 aromatic heterocycles. The zero-order valence-electron chi connectivity index (χ0n) is 15.7. The standard InChI is InChI=1S/C20H27N3O4/c1-14-9-17(19(25)26)13-23(10-14)20(27)21-8-4-7-18(24)22-11-15-5-2-3-6-16(15)12-22/h2-3,5-6,14,17H,4,7-13H2,1H3,(H,21,27)(H,25,26). The molecule has 7 heteroatoms. The Kier molecular flexibility index (Phi) is 5.98. The lowest BCUT2D eigenvalue weighted by atomic mass is 9.91. The van der Waals surface area contributed by atoms with E-state index in [2.05, 4.69) is 5.32 Å². The van der Waals surface area contributed by atoms with E-state index in [9.17, 15) is 19.5 Å². The van der Waals surface area contributed by atoms with E-state index in [1.54, 1.807) is 4.90 Å². The molecular weight excluding hydrogens is 346 g/mol. The highest BCUT2D eigenvalue weighted by Crippen LogP contribution is 2.23. The van der Waals surface area contributed by atoms with E-state index in [0.717, 1.165) is 0 Å². The molecule has 2 aliphatic rings. The van der Waals surface area contributed by atoms with Crippen LogP contribution in [-0.2, 0) is 22.7 Å². The lowest BCUT2D eigenvalue weighted by Crippen LogP contribution is -2.49. The van der Waals surface area contributed by atoms with Gasteiger partial charge in [0.15, 0.2) is 0 Å². The van der Waals surface area contributed by atoms with Crippen LogP contribution >= 0.6 is 0 Å². The third-order valence-electron chi connectivity index (χ3n) is 5.33. The van der Waals surface area contributed by atoms with Gasteiger partial charge in [-0.05, 0) is 29.9 Å². The second-order valence-electron chi connectivity index (χ2n) is 7.64. The van der Waals surface area contributed by atoms with Crippen molar-refractivity contribution < 1.29 is 19.5 Å². The largest absolute Gasteiger partial charge is 0.481 e. The Labute approximate surface area is 159 Å². The second kappa shape index (κ2) is 8.41. The van der Waals surface area contributed by atoms with Crippen molar-refractivity contribution in [3.63, 3.8) is 0 Å². The number of rotatable bonds is 5. The van der Waals surface area contributed by atoms with Gasteiger partial charge in [-0.1, -0.05) is 31.2 Å². The van der Waals surface area contributed by atoms with Gasteiger partial charge in [0.1, 0.15) is 0 Å². The maximum absolute atomic E-state index is 12.4. The molecule has 1 aromatic rings. The predicted molar refractivity (Wildman–Crippen MR) is 99.8 cm³/mol. The summed E-state index contributed by atoms with van der Waals surface area (Å²) < 4.78 is 0. The number of carbonyl (C=O) groups excluding carboxylic acids is 2. The van der Waals surface area contributed by atoms with Gasteiger partial charge in [0.2, 0.25) is 5.91 Å². The molecule has 3 amide bonds. The minimum absolute atomic E-state index is 0.0954. The molecule has 2 unspecified atom stereocenters. The highest BCUT2D eigenvalue weighted by molar-refractivity contribution is 5.78. The third-order valence-corrected chi connectivity index (χ3v) is 5.33. The number of likely N-dealkylation sites (tertiary alicyclic amines) is 1. The zero-order valence-corrected chi connectivity index (χ0v) is 15.7. The van der Waals surface area contributed by atoms with Gasteiger partial charge in [0.05, 0.1) is 5.92 Å². The number of nitrogens with one attached hydrogen (secondary N) is 1. The number of hydrogen-bond acceptors (Lipinski definition) is 3. The molecule has 0 bridgehead atoms. The van der Waals surface area contributed by atoms with Gasteiger partial charge in [-0.25, -0.2) is 4.79 Å². The van der Waals surface area contributed by atoms with Crippen LogP contribution in [0.25, 0.3) is 0 Å². The Balaban J connectivity index is 1.38. The number of amides is 3. The van der Waals surface area contributed by atoms with Crippen LogP contribution in [0, 0.1) is 11.8 Å². The summed E-state index contributed by atoms with van der Waals surface area (Å²) in [6, 6.07) is 7.82. The molecule has 2 aliphatic heterocycles. The topological polar surface area (TPSA) is 90.0 Å². The molecule has 27 heavy (non-hydrogen) atoms. The van der Waals surface area contributed by atoms with E-state index < -0.39 is 11.9 Å². The van der Waals surface area contributed by atoms with Crippen molar-refractivity contribution in [1.29, 1.82) is 0 Å². The monoisotopic (exact) mass is 373 g/mol. The molecule has 146 valence electrons. The van der Waals surface area contributed by atoms with Crippen LogP contribution in [0.4, 0.5) is 4.79 Å². The maximum Gasteiger partial charge on any atom is 0.317 e. The Morgan fingerprint density at radius 1 is 1.11 bits per heavy atom. The van der Waals surface area contributed by atoms with Crippen LogP contribution in [0.1, 0.15) is 37.3 Å². The number of urea groups is 1. The van der Waals surface area contributed by atoms with Gasteiger partial charge in [0, 0.05) is 39.1 Å². The summed E-state index contributed by atoms with van der Waals surface area (Å²) in [6.45, 7) is 4.50. The molecule has 0 spiro atoms. The van der Waals surface area contributed by atoms with E-state index >= 15 is 0 Å². The summed E-state index contributed by atoms with van der Waals surface area (Å²) in [5.74, 6) is -1.09. The first-order valence-electron chi connectivity index (χ1n) is 9.54. The predicted octanol–water partition coefficient (Wildman–Crippen LogP) is 2.06. The first-order valence-corrected chi connectivity index (χ1v) is 9.54. The Morgan fingerprint density at radius 2 is 1.78 bits per heavy atom. The molecule has 2 N–H and O–H groups in total. The molecule has 0 saturated carbocycles. The fourth-order valence-corrected chi connectivity index (χ4v) is 3.91. The van der Waals surface area contributed by atoms with E-state index in [1.165, 1.54) is 11.1 Å². The lowest BCUT2D eigenvalue weighted by Gasteiger charge is -2.34. The van der Waals surface area contributed by atoms with Crippen LogP contribution in [0.15, 0.2) is 24.3 Å². The van der Waals surface area contributed by atoms with Crippen molar-refractivity contribution in [3.05, 3.63) is 35.4 Å². The number of carboxylic acids is 1. The Hall–Kier alpha value is -2.57. The number of piperidine rings is 1. The van der Waals surface area contributed by atoms with Crippen LogP contribution in [0.2, 0.25) is 0 Å². The second-order valence-corrected chi connectivity index (χ2v) is 7.64. The van der Waals surface area contributed by atoms with Gasteiger partial charge in [0.25, 0.3) is 0 Å². The minimum Gasteiger partial charge on any atom is -0.481 e. The van der Waals surface area contributed by atoms with Crippen LogP contribution in [-0.4, -0.2) is 52.4 Å². The number of nitrogens with zero attached hydrogens (tertiary/aromatic N) is 2. The number of aliphatic carboxylic acids is 1. The fraction of sp³-hybridized carbons (Fsp3) is 0.550. The van der Waals surface area contributed by atoms with E-state index in [0.29, 0.717) is 45.4 Å². The number of carbonyl (C=O) groups is 3. The Bertz CT molecular complexity index is 696. The number of hydrogen-bond donors (Lipinski definition) is 2. The summed E-state index contributed by atoms with van der Waals surface area (Å²) in [5, 5.41) is 12.0. The third kappa shape index (κ3) is 4.78. The molecular formula is C20H27N3O4. The highest BCUT2D eigenvalue weighted by Gasteiger charge is 2.31. The molecule has 2 atom stereocenters. The summed E-state index contributed by atoms with van der Waals surface area (Å²) in [6.07, 6.45) is 1.57. The molecule has 1 saturated heterocycles. The summed E-state index contributed by atoms with van der Waals surface area (Å²) >= 11 is 0. The Morgan fingerprint density at radius 3 is 2.41 bits per heavy atom. The smallest absolute Gasteiger partial charge is 0.317 e. The molecule has 1 aromatic carbocycles. The number of carboxylic acid groups (broad SMARTS) is 1. The van der Waals surface area contributed by atoms with Gasteiger partial charge in [-0.3, -0.25) is 9.59 Å². The SMILES string of the molecule is CC1CC(C(=O)O)CN(C(=O)NCCCC(=O)N2Cc3ccccc3C2)C1. The molecule has 7 nitrogen and oxygen atoms in total. The van der Waals surface area contributed by atoms with Crippen molar-refractivity contribution in [2.24, 2.45) is 11.8 Å². The van der Waals surface area contributed by atoms with Crippen molar-refractivity contribution in [3.8, 4) is 0 Å².